The Bertz CT molecular complexity index is 573. The number of thiophene rings is 1. The number of hydrogen-bond donors (Lipinski definition) is 0. The molecule has 0 radical (unpaired) electrons. The molecular weight excluding hydrogens is 278 g/mol. The number of methoxy groups -OCH3 is 2. The van der Waals surface area contributed by atoms with Crippen LogP contribution in [0.3, 0.4) is 0 Å². The standard InChI is InChI=1S/C13H17N3O3S/c1-18-7-6-16(5-3-11(17)19-2)13-12-10(4-8-20-12)14-9-15-13/h4,8-9H,3,5-7H2,1-2H3. The fraction of sp³-hybridized carbons (Fsp3) is 0.462. The van der Waals surface area contributed by atoms with Crippen molar-refractivity contribution in [3.8, 4) is 0 Å². The van der Waals surface area contributed by atoms with E-state index in [9.17, 15) is 4.79 Å². The average molecular weight is 295 g/mol. The van der Waals surface area contributed by atoms with Crippen LogP contribution < -0.4 is 4.90 Å². The van der Waals surface area contributed by atoms with E-state index in [1.807, 2.05) is 16.3 Å². The second-order valence-electron chi connectivity index (χ2n) is 4.14. The first-order valence-electron chi connectivity index (χ1n) is 6.25. The van der Waals surface area contributed by atoms with Crippen molar-refractivity contribution < 1.29 is 14.3 Å². The van der Waals surface area contributed by atoms with Crippen LogP contribution in [0.15, 0.2) is 17.8 Å². The molecule has 0 aromatic carbocycles. The molecule has 0 spiro atoms. The number of fused-ring (bicyclic) bond motifs is 1. The van der Waals surface area contributed by atoms with Crippen molar-refractivity contribution in [1.29, 1.82) is 0 Å². The molecule has 0 fully saturated rings. The van der Waals surface area contributed by atoms with Crippen molar-refractivity contribution in [3.05, 3.63) is 17.8 Å². The largest absolute Gasteiger partial charge is 0.469 e. The third kappa shape index (κ3) is 3.43. The minimum absolute atomic E-state index is 0.233. The van der Waals surface area contributed by atoms with Crippen LogP contribution in [0, 0.1) is 0 Å². The SMILES string of the molecule is COCCN(CCC(=O)OC)c1ncnc2ccsc12. The van der Waals surface area contributed by atoms with Crippen LogP contribution in [0.25, 0.3) is 10.2 Å². The highest BCUT2D eigenvalue weighted by molar-refractivity contribution is 7.17. The third-order valence-electron chi connectivity index (χ3n) is 2.90. The summed E-state index contributed by atoms with van der Waals surface area (Å²) in [6.07, 6.45) is 1.86. The van der Waals surface area contributed by atoms with Crippen LogP contribution in [0.2, 0.25) is 0 Å². The zero-order valence-electron chi connectivity index (χ0n) is 11.5. The number of hydrogen-bond acceptors (Lipinski definition) is 7. The van der Waals surface area contributed by atoms with E-state index in [1.54, 1.807) is 24.8 Å². The summed E-state index contributed by atoms with van der Waals surface area (Å²) in [4.78, 5) is 21.9. The maximum absolute atomic E-state index is 11.3. The van der Waals surface area contributed by atoms with Gasteiger partial charge in [-0.15, -0.1) is 11.3 Å². The number of nitrogens with zero attached hydrogens (tertiary/aromatic N) is 3. The normalized spacial score (nSPS) is 10.7. The summed E-state index contributed by atoms with van der Waals surface area (Å²) in [6, 6.07) is 1.96. The van der Waals surface area contributed by atoms with Gasteiger partial charge < -0.3 is 14.4 Å². The molecule has 108 valence electrons. The minimum atomic E-state index is -0.233. The van der Waals surface area contributed by atoms with Crippen molar-refractivity contribution in [3.63, 3.8) is 0 Å². The lowest BCUT2D eigenvalue weighted by Crippen LogP contribution is -2.30. The lowest BCUT2D eigenvalue weighted by atomic mass is 10.3. The molecule has 0 atom stereocenters. The molecule has 0 aliphatic heterocycles. The Hall–Kier alpha value is -1.73. The number of anilines is 1. The van der Waals surface area contributed by atoms with Crippen molar-refractivity contribution in [2.45, 2.75) is 6.42 Å². The van der Waals surface area contributed by atoms with Crippen molar-refractivity contribution >= 4 is 33.3 Å². The molecule has 2 heterocycles. The maximum Gasteiger partial charge on any atom is 0.307 e. The minimum Gasteiger partial charge on any atom is -0.469 e. The van der Waals surface area contributed by atoms with E-state index in [0.29, 0.717) is 26.1 Å². The van der Waals surface area contributed by atoms with Gasteiger partial charge in [0.05, 0.1) is 30.4 Å². The van der Waals surface area contributed by atoms with Crippen LogP contribution in [0.1, 0.15) is 6.42 Å². The van der Waals surface area contributed by atoms with Gasteiger partial charge in [0.2, 0.25) is 0 Å². The molecule has 0 saturated heterocycles. The summed E-state index contributed by atoms with van der Waals surface area (Å²) >= 11 is 1.59. The van der Waals surface area contributed by atoms with E-state index in [1.165, 1.54) is 7.11 Å². The van der Waals surface area contributed by atoms with Gasteiger partial charge in [-0.1, -0.05) is 0 Å². The first-order chi connectivity index (χ1) is 9.76. The van der Waals surface area contributed by atoms with Crippen LogP contribution in [-0.4, -0.2) is 49.9 Å². The molecule has 0 unspecified atom stereocenters. The maximum atomic E-state index is 11.3. The Morgan fingerprint density at radius 1 is 1.35 bits per heavy atom. The van der Waals surface area contributed by atoms with E-state index in [2.05, 4.69) is 14.7 Å². The predicted molar refractivity (Wildman–Crippen MR) is 78.1 cm³/mol. The molecule has 0 bridgehead atoms. The Morgan fingerprint density at radius 3 is 2.95 bits per heavy atom. The van der Waals surface area contributed by atoms with Crippen molar-refractivity contribution in [1.82, 2.24) is 9.97 Å². The molecule has 0 N–H and O–H groups in total. The van der Waals surface area contributed by atoms with Crippen LogP contribution in [-0.2, 0) is 14.3 Å². The smallest absolute Gasteiger partial charge is 0.307 e. The Balaban J connectivity index is 2.20. The Morgan fingerprint density at radius 2 is 2.20 bits per heavy atom. The topological polar surface area (TPSA) is 64.5 Å². The molecule has 0 aliphatic rings. The molecule has 0 amide bonds. The highest BCUT2D eigenvalue weighted by Gasteiger charge is 2.14. The van der Waals surface area contributed by atoms with E-state index >= 15 is 0 Å². The van der Waals surface area contributed by atoms with Crippen molar-refractivity contribution in [2.24, 2.45) is 0 Å². The van der Waals surface area contributed by atoms with E-state index in [4.69, 9.17) is 4.74 Å². The fourth-order valence-corrected chi connectivity index (χ4v) is 2.72. The van der Waals surface area contributed by atoms with Gasteiger partial charge in [0, 0.05) is 20.2 Å². The van der Waals surface area contributed by atoms with Gasteiger partial charge in [-0.3, -0.25) is 4.79 Å². The summed E-state index contributed by atoms with van der Waals surface area (Å²) < 4.78 is 10.8. The fourth-order valence-electron chi connectivity index (χ4n) is 1.85. The number of aromatic nitrogens is 2. The first-order valence-corrected chi connectivity index (χ1v) is 7.13. The number of ether oxygens (including phenoxy) is 2. The number of carbonyl (C=O) groups excluding carboxylic acids is 1. The first kappa shape index (κ1) is 14.7. The second-order valence-corrected chi connectivity index (χ2v) is 5.05. The Labute approximate surface area is 121 Å². The quantitative estimate of drug-likeness (QED) is 0.725. The van der Waals surface area contributed by atoms with E-state index in [-0.39, 0.29) is 5.97 Å². The molecule has 2 aromatic heterocycles. The van der Waals surface area contributed by atoms with Gasteiger partial charge in [-0.25, -0.2) is 9.97 Å². The van der Waals surface area contributed by atoms with Crippen molar-refractivity contribution in [2.75, 3.05) is 38.8 Å². The summed E-state index contributed by atoms with van der Waals surface area (Å²) in [5, 5.41) is 1.98. The zero-order valence-corrected chi connectivity index (χ0v) is 12.4. The second kappa shape index (κ2) is 7.16. The molecule has 2 aromatic rings. The molecule has 6 nitrogen and oxygen atoms in total. The van der Waals surface area contributed by atoms with Crippen LogP contribution in [0.5, 0.6) is 0 Å². The molecular formula is C13H17N3O3S. The number of rotatable bonds is 7. The van der Waals surface area contributed by atoms with Crippen LogP contribution >= 0.6 is 11.3 Å². The summed E-state index contributed by atoms with van der Waals surface area (Å²) in [7, 11) is 3.04. The summed E-state index contributed by atoms with van der Waals surface area (Å²) in [6.45, 7) is 1.77. The van der Waals surface area contributed by atoms with E-state index < -0.39 is 0 Å². The van der Waals surface area contributed by atoms with Gasteiger partial charge >= 0.3 is 5.97 Å². The molecule has 2 rings (SSSR count). The third-order valence-corrected chi connectivity index (χ3v) is 3.80. The molecule has 0 saturated carbocycles. The molecule has 7 heteroatoms. The zero-order chi connectivity index (χ0) is 14.4. The van der Waals surface area contributed by atoms with Gasteiger partial charge in [0.15, 0.2) is 0 Å². The summed E-state index contributed by atoms with van der Waals surface area (Å²) in [5.41, 5.74) is 0.917. The van der Waals surface area contributed by atoms with Gasteiger partial charge in [-0.05, 0) is 11.4 Å². The van der Waals surface area contributed by atoms with Gasteiger partial charge in [0.1, 0.15) is 12.1 Å². The monoisotopic (exact) mass is 295 g/mol. The molecule has 0 aliphatic carbocycles. The van der Waals surface area contributed by atoms with E-state index in [0.717, 1.165) is 16.0 Å². The molecule has 20 heavy (non-hydrogen) atoms. The highest BCUT2D eigenvalue weighted by atomic mass is 32.1. The predicted octanol–water partition coefficient (Wildman–Crippen LogP) is 1.71. The average Bonchev–Trinajstić information content (AvgIpc) is 2.95. The lowest BCUT2D eigenvalue weighted by molar-refractivity contribution is -0.140. The van der Waals surface area contributed by atoms with Crippen LogP contribution in [0.4, 0.5) is 5.82 Å². The van der Waals surface area contributed by atoms with Gasteiger partial charge in [-0.2, -0.15) is 0 Å². The number of esters is 1. The lowest BCUT2D eigenvalue weighted by Gasteiger charge is -2.23. The summed E-state index contributed by atoms with van der Waals surface area (Å²) in [5.74, 6) is 0.606. The number of carbonyl (C=O) groups is 1. The van der Waals surface area contributed by atoms with Gasteiger partial charge in [0.25, 0.3) is 0 Å². The highest BCUT2D eigenvalue weighted by Crippen LogP contribution is 2.27. The Kier molecular flexibility index (Phi) is 5.25.